The topological polar surface area (TPSA) is 61.6 Å². The summed E-state index contributed by atoms with van der Waals surface area (Å²) in [6.45, 7) is 0. The standard InChI is InChI=1S/C16H16N4S/c17-9-11-8-10-4-3-6-12(10)18-15(11)20-16-19-13-5-1-2-7-14(13)21-16/h8H,1-7H2,(H,18,19,20). The van der Waals surface area contributed by atoms with Crippen LogP contribution in [0.1, 0.15) is 46.7 Å². The van der Waals surface area contributed by atoms with Crippen molar-refractivity contribution < 1.29 is 0 Å². The summed E-state index contributed by atoms with van der Waals surface area (Å²) in [4.78, 5) is 10.7. The van der Waals surface area contributed by atoms with Crippen LogP contribution in [0.3, 0.4) is 0 Å². The lowest BCUT2D eigenvalue weighted by atomic mass is 10.0. The zero-order valence-corrected chi connectivity index (χ0v) is 12.6. The van der Waals surface area contributed by atoms with E-state index in [0.29, 0.717) is 11.4 Å². The van der Waals surface area contributed by atoms with E-state index in [0.717, 1.165) is 42.9 Å². The Bertz CT molecular complexity index is 718. The molecule has 0 unspecified atom stereocenters. The van der Waals surface area contributed by atoms with Crippen LogP contribution in [-0.4, -0.2) is 9.97 Å². The molecule has 0 bridgehead atoms. The van der Waals surface area contributed by atoms with Crippen LogP contribution in [0.5, 0.6) is 0 Å². The average Bonchev–Trinajstić information content (AvgIpc) is 3.11. The number of pyridine rings is 1. The number of hydrogen-bond acceptors (Lipinski definition) is 5. The summed E-state index contributed by atoms with van der Waals surface area (Å²) in [5.41, 5.74) is 4.23. The number of nitrogens with zero attached hydrogens (tertiary/aromatic N) is 3. The van der Waals surface area contributed by atoms with Gasteiger partial charge in [-0.05, 0) is 56.6 Å². The monoisotopic (exact) mass is 296 g/mol. The summed E-state index contributed by atoms with van der Waals surface area (Å²) in [5, 5.41) is 13.5. The van der Waals surface area contributed by atoms with Crippen molar-refractivity contribution in [1.82, 2.24) is 9.97 Å². The Labute approximate surface area is 127 Å². The number of aryl methyl sites for hydroxylation is 4. The summed E-state index contributed by atoms with van der Waals surface area (Å²) >= 11 is 1.71. The maximum atomic E-state index is 9.34. The van der Waals surface area contributed by atoms with Crippen LogP contribution in [0.4, 0.5) is 10.9 Å². The van der Waals surface area contributed by atoms with E-state index in [9.17, 15) is 5.26 Å². The van der Waals surface area contributed by atoms with E-state index in [4.69, 9.17) is 0 Å². The molecule has 0 saturated carbocycles. The van der Waals surface area contributed by atoms with Crippen molar-refractivity contribution >= 4 is 22.3 Å². The summed E-state index contributed by atoms with van der Waals surface area (Å²) < 4.78 is 0. The van der Waals surface area contributed by atoms with E-state index >= 15 is 0 Å². The van der Waals surface area contributed by atoms with E-state index in [2.05, 4.69) is 21.4 Å². The smallest absolute Gasteiger partial charge is 0.188 e. The summed E-state index contributed by atoms with van der Waals surface area (Å²) in [5.74, 6) is 0.671. The fourth-order valence-corrected chi connectivity index (χ4v) is 4.21. The highest BCUT2D eigenvalue weighted by Crippen LogP contribution is 2.32. The first kappa shape index (κ1) is 12.8. The molecule has 21 heavy (non-hydrogen) atoms. The Hall–Kier alpha value is -1.93. The molecule has 1 N–H and O–H groups in total. The molecule has 4 rings (SSSR count). The van der Waals surface area contributed by atoms with Crippen molar-refractivity contribution in [2.45, 2.75) is 44.9 Å². The van der Waals surface area contributed by atoms with Gasteiger partial charge in [-0.2, -0.15) is 5.26 Å². The number of nitriles is 1. The quantitative estimate of drug-likeness (QED) is 0.921. The second-order valence-corrected chi connectivity index (χ2v) is 6.76. The molecule has 0 radical (unpaired) electrons. The van der Waals surface area contributed by atoms with Crippen molar-refractivity contribution in [2.75, 3.05) is 5.32 Å². The van der Waals surface area contributed by atoms with E-state index in [1.807, 2.05) is 6.07 Å². The summed E-state index contributed by atoms with van der Waals surface area (Å²) in [6.07, 6.45) is 7.91. The van der Waals surface area contributed by atoms with Gasteiger partial charge >= 0.3 is 0 Å². The lowest BCUT2D eigenvalue weighted by molar-refractivity contribution is 0.683. The summed E-state index contributed by atoms with van der Waals surface area (Å²) in [7, 11) is 0. The van der Waals surface area contributed by atoms with Gasteiger partial charge in [-0.15, -0.1) is 11.3 Å². The molecule has 0 amide bonds. The van der Waals surface area contributed by atoms with E-state index < -0.39 is 0 Å². The number of anilines is 2. The largest absolute Gasteiger partial charge is 0.315 e. The second kappa shape index (κ2) is 5.12. The lowest BCUT2D eigenvalue weighted by Crippen LogP contribution is -2.01. The van der Waals surface area contributed by atoms with Crippen LogP contribution in [0.25, 0.3) is 0 Å². The first-order valence-corrected chi connectivity index (χ1v) is 8.33. The maximum absolute atomic E-state index is 9.34. The van der Waals surface area contributed by atoms with Crippen molar-refractivity contribution in [3.05, 3.63) is 33.5 Å². The highest BCUT2D eigenvalue weighted by Gasteiger charge is 2.19. The van der Waals surface area contributed by atoms with Crippen LogP contribution < -0.4 is 5.32 Å². The number of fused-ring (bicyclic) bond motifs is 2. The van der Waals surface area contributed by atoms with Crippen LogP contribution >= 0.6 is 11.3 Å². The molecule has 0 aromatic carbocycles. The van der Waals surface area contributed by atoms with Gasteiger partial charge in [0.05, 0.1) is 11.3 Å². The molecule has 5 heteroatoms. The minimum absolute atomic E-state index is 0.629. The minimum atomic E-state index is 0.629. The Balaban J connectivity index is 1.68. The third kappa shape index (κ3) is 2.30. The zero-order chi connectivity index (χ0) is 14.2. The number of rotatable bonds is 2. The average molecular weight is 296 g/mol. The highest BCUT2D eigenvalue weighted by atomic mass is 32.1. The molecule has 2 aliphatic rings. The van der Waals surface area contributed by atoms with Gasteiger partial charge in [-0.3, -0.25) is 0 Å². The molecule has 2 heterocycles. The van der Waals surface area contributed by atoms with Crippen molar-refractivity contribution in [3.63, 3.8) is 0 Å². The Kier molecular flexibility index (Phi) is 3.12. The lowest BCUT2D eigenvalue weighted by Gasteiger charge is -2.07. The van der Waals surface area contributed by atoms with Gasteiger partial charge in [0, 0.05) is 10.6 Å². The molecule has 2 aromatic heterocycles. The molecule has 0 aliphatic heterocycles. The zero-order valence-electron chi connectivity index (χ0n) is 11.8. The first-order valence-electron chi connectivity index (χ1n) is 7.52. The normalized spacial score (nSPS) is 16.1. The second-order valence-electron chi connectivity index (χ2n) is 5.68. The fourth-order valence-electron chi connectivity index (χ4n) is 3.16. The number of nitrogens with one attached hydrogen (secondary N) is 1. The molecular weight excluding hydrogens is 280 g/mol. The molecule has 4 nitrogen and oxygen atoms in total. The van der Waals surface area contributed by atoms with Gasteiger partial charge in [0.25, 0.3) is 0 Å². The van der Waals surface area contributed by atoms with E-state index in [1.54, 1.807) is 11.3 Å². The SMILES string of the molecule is N#Cc1cc2c(nc1Nc1nc3c(s1)CCCC3)CCC2. The number of thiazole rings is 1. The van der Waals surface area contributed by atoms with Gasteiger partial charge in [-0.25, -0.2) is 9.97 Å². The van der Waals surface area contributed by atoms with Gasteiger partial charge in [-0.1, -0.05) is 0 Å². The molecule has 2 aliphatic carbocycles. The van der Waals surface area contributed by atoms with Crippen LogP contribution in [0.15, 0.2) is 6.07 Å². The maximum Gasteiger partial charge on any atom is 0.188 e. The minimum Gasteiger partial charge on any atom is -0.315 e. The molecule has 0 spiro atoms. The molecule has 0 fully saturated rings. The van der Waals surface area contributed by atoms with Crippen LogP contribution in [-0.2, 0) is 25.7 Å². The van der Waals surface area contributed by atoms with Gasteiger partial charge in [0.15, 0.2) is 5.13 Å². The van der Waals surface area contributed by atoms with Crippen molar-refractivity contribution in [2.24, 2.45) is 0 Å². The predicted octanol–water partition coefficient (Wildman–Crippen LogP) is 3.52. The molecule has 106 valence electrons. The molecule has 2 aromatic rings. The van der Waals surface area contributed by atoms with Crippen molar-refractivity contribution in [1.29, 1.82) is 5.26 Å². The van der Waals surface area contributed by atoms with E-state index in [-0.39, 0.29) is 0 Å². The van der Waals surface area contributed by atoms with Crippen LogP contribution in [0, 0.1) is 11.3 Å². The third-order valence-corrected chi connectivity index (χ3v) is 5.32. The Morgan fingerprint density at radius 3 is 2.76 bits per heavy atom. The van der Waals surface area contributed by atoms with Crippen molar-refractivity contribution in [3.8, 4) is 6.07 Å². The fraction of sp³-hybridized carbons (Fsp3) is 0.438. The number of aromatic nitrogens is 2. The highest BCUT2D eigenvalue weighted by molar-refractivity contribution is 7.15. The Morgan fingerprint density at radius 1 is 1.05 bits per heavy atom. The van der Waals surface area contributed by atoms with Gasteiger partial charge in [0.2, 0.25) is 0 Å². The molecule has 0 atom stereocenters. The predicted molar refractivity (Wildman–Crippen MR) is 83.0 cm³/mol. The first-order chi connectivity index (χ1) is 10.3. The Morgan fingerprint density at radius 2 is 1.90 bits per heavy atom. The van der Waals surface area contributed by atoms with Gasteiger partial charge < -0.3 is 5.32 Å². The van der Waals surface area contributed by atoms with Crippen LogP contribution in [0.2, 0.25) is 0 Å². The molecule has 0 saturated heterocycles. The van der Waals surface area contributed by atoms with E-state index in [1.165, 1.54) is 29.0 Å². The summed E-state index contributed by atoms with van der Waals surface area (Å²) in [6, 6.07) is 4.25. The molecular formula is C16H16N4S. The third-order valence-electron chi connectivity index (χ3n) is 4.24. The number of hydrogen-bond donors (Lipinski definition) is 1. The van der Waals surface area contributed by atoms with Gasteiger partial charge in [0.1, 0.15) is 11.9 Å².